The summed E-state index contributed by atoms with van der Waals surface area (Å²) in [6.07, 6.45) is 9.20. The number of hydrogen-bond donors (Lipinski definition) is 1. The van der Waals surface area contributed by atoms with Gasteiger partial charge in [0.15, 0.2) is 17.2 Å². The molecule has 250 valence electrons. The van der Waals surface area contributed by atoms with Crippen LogP contribution in [-0.2, 0) is 19.1 Å². The Labute approximate surface area is 277 Å². The zero-order valence-corrected chi connectivity index (χ0v) is 28.5. The van der Waals surface area contributed by atoms with Crippen LogP contribution in [-0.4, -0.2) is 48.2 Å². The zero-order valence-electron chi connectivity index (χ0n) is 28.5. The van der Waals surface area contributed by atoms with E-state index < -0.39 is 5.60 Å². The third kappa shape index (κ3) is 5.70. The maximum Gasteiger partial charge on any atom is 0.303 e. The molecule has 0 bridgehead atoms. The summed E-state index contributed by atoms with van der Waals surface area (Å²) in [6, 6.07) is 11.7. The Bertz CT molecular complexity index is 1650. The molecule has 0 radical (unpaired) electrons. The van der Waals surface area contributed by atoms with Crippen LogP contribution in [0.25, 0.3) is 0 Å². The highest BCUT2D eigenvalue weighted by atomic mass is 16.6. The fourth-order valence-corrected chi connectivity index (χ4v) is 9.29. The number of allylic oxidation sites excluding steroid dienone is 4. The van der Waals surface area contributed by atoms with Gasteiger partial charge < -0.3 is 19.3 Å². The van der Waals surface area contributed by atoms with Crippen LogP contribution in [0.3, 0.4) is 0 Å². The number of methoxy groups -OCH3 is 2. The number of carbonyl (C=O) groups is 4. The normalized spacial score (nSPS) is 30.6. The van der Waals surface area contributed by atoms with Gasteiger partial charge in [-0.1, -0.05) is 55.8 Å². The van der Waals surface area contributed by atoms with Gasteiger partial charge in [0, 0.05) is 36.5 Å². The number of aromatic hydroxyl groups is 1. The third-order valence-corrected chi connectivity index (χ3v) is 11.6. The van der Waals surface area contributed by atoms with Crippen molar-refractivity contribution in [2.24, 2.45) is 28.6 Å². The summed E-state index contributed by atoms with van der Waals surface area (Å²) in [5.74, 6) is 1.29. The minimum atomic E-state index is -0.990. The van der Waals surface area contributed by atoms with Gasteiger partial charge in [-0.2, -0.15) is 0 Å². The summed E-state index contributed by atoms with van der Waals surface area (Å²) < 4.78 is 16.0. The van der Waals surface area contributed by atoms with Crippen molar-refractivity contribution in [2.75, 3.05) is 14.2 Å². The van der Waals surface area contributed by atoms with E-state index in [1.54, 1.807) is 37.3 Å². The first-order valence-corrected chi connectivity index (χ1v) is 16.4. The molecule has 2 aromatic rings. The quantitative estimate of drug-likeness (QED) is 0.260. The Balaban J connectivity index is 0.000000199. The highest BCUT2D eigenvalue weighted by Crippen LogP contribution is 2.67. The molecule has 0 heterocycles. The Hall–Kier alpha value is -4.20. The number of rotatable bonds is 6. The van der Waals surface area contributed by atoms with Crippen LogP contribution in [0.1, 0.15) is 89.1 Å². The molecule has 2 aromatic carbocycles. The molecule has 2 fully saturated rings. The van der Waals surface area contributed by atoms with E-state index in [9.17, 15) is 24.3 Å². The van der Waals surface area contributed by atoms with Crippen LogP contribution in [0.5, 0.6) is 17.2 Å². The maximum absolute atomic E-state index is 12.8. The number of phenols is 1. The Kier molecular flexibility index (Phi) is 9.28. The fraction of sp³-hybridized carbons (Fsp3) is 0.487. The molecule has 0 amide bonds. The number of esters is 1. The molecule has 4 aliphatic rings. The van der Waals surface area contributed by atoms with Crippen molar-refractivity contribution in [3.05, 3.63) is 76.9 Å². The van der Waals surface area contributed by atoms with E-state index in [1.165, 1.54) is 38.4 Å². The lowest BCUT2D eigenvalue weighted by Gasteiger charge is -2.58. The average molecular weight is 643 g/mol. The average Bonchev–Trinajstić information content (AvgIpc) is 3.34. The minimum absolute atomic E-state index is 0.0160. The maximum atomic E-state index is 12.8. The van der Waals surface area contributed by atoms with E-state index in [4.69, 9.17) is 14.2 Å². The van der Waals surface area contributed by atoms with Crippen LogP contribution in [0.15, 0.2) is 65.8 Å². The number of phenolic OH excluding ortho intramolecular Hbond substituents is 1. The molecule has 6 atom stereocenters. The van der Waals surface area contributed by atoms with E-state index in [-0.39, 0.29) is 51.2 Å². The van der Waals surface area contributed by atoms with Crippen molar-refractivity contribution in [3.8, 4) is 17.2 Å². The lowest BCUT2D eigenvalue weighted by Crippen LogP contribution is -2.58. The van der Waals surface area contributed by atoms with Crippen LogP contribution < -0.4 is 9.47 Å². The smallest absolute Gasteiger partial charge is 0.303 e. The van der Waals surface area contributed by atoms with Crippen molar-refractivity contribution in [1.29, 1.82) is 0 Å². The number of Topliss-reactive ketones (excluding diaryl/α,β-unsaturated/α-hetero) is 1. The number of carbonyl (C=O) groups excluding carboxylic acids is 4. The molecule has 47 heavy (non-hydrogen) atoms. The summed E-state index contributed by atoms with van der Waals surface area (Å²) in [5.41, 5.74) is 1.77. The minimum Gasteiger partial charge on any atom is -0.507 e. The monoisotopic (exact) mass is 642 g/mol. The summed E-state index contributed by atoms with van der Waals surface area (Å²) >= 11 is 0. The second kappa shape index (κ2) is 12.8. The van der Waals surface area contributed by atoms with Crippen LogP contribution in [0.2, 0.25) is 0 Å². The van der Waals surface area contributed by atoms with Gasteiger partial charge in [0.2, 0.25) is 5.78 Å². The molecule has 2 saturated carbocycles. The van der Waals surface area contributed by atoms with Gasteiger partial charge in [-0.3, -0.25) is 19.2 Å². The molecule has 0 spiro atoms. The van der Waals surface area contributed by atoms with E-state index in [1.807, 2.05) is 12.1 Å². The second-order valence-corrected chi connectivity index (χ2v) is 14.0. The topological polar surface area (TPSA) is 116 Å². The lowest BCUT2D eigenvalue weighted by molar-refractivity contribution is -0.185. The van der Waals surface area contributed by atoms with Crippen LogP contribution >= 0.6 is 0 Å². The number of ketones is 3. The van der Waals surface area contributed by atoms with Gasteiger partial charge in [-0.05, 0) is 80.8 Å². The Morgan fingerprint density at radius 1 is 0.915 bits per heavy atom. The number of ether oxygens (including phenoxy) is 3. The largest absolute Gasteiger partial charge is 0.507 e. The number of hydrogen-bond acceptors (Lipinski definition) is 8. The summed E-state index contributed by atoms with van der Waals surface area (Å²) in [6.45, 7) is 9.63. The standard InChI is InChI=1S/C24H32O4.C15H14O4/c1-14-12-18-19(22(4)9-6-17(27)13-21(14)22)7-10-23(5)20(18)8-11-24(23,15(2)25)28-16(3)26;1-18-11-8-12(16)14(13(9-11)19-2)15(17)10-6-4-3-5-7-10/h12-13,18-20H,6-11H2,1-5H3;3-9,16H,1-2H3. The van der Waals surface area contributed by atoms with Gasteiger partial charge in [-0.25, -0.2) is 0 Å². The molecular formula is C39H46O8. The first-order chi connectivity index (χ1) is 22.2. The number of fused-ring (bicyclic) bond motifs is 5. The molecule has 0 saturated heterocycles. The zero-order chi connectivity index (χ0) is 34.3. The van der Waals surface area contributed by atoms with E-state index in [0.29, 0.717) is 41.9 Å². The van der Waals surface area contributed by atoms with E-state index in [0.717, 1.165) is 25.7 Å². The van der Waals surface area contributed by atoms with Crippen LogP contribution in [0, 0.1) is 28.6 Å². The van der Waals surface area contributed by atoms with Crippen molar-refractivity contribution in [3.63, 3.8) is 0 Å². The highest BCUT2D eigenvalue weighted by molar-refractivity contribution is 6.12. The van der Waals surface area contributed by atoms with Crippen molar-refractivity contribution in [2.45, 2.75) is 78.7 Å². The van der Waals surface area contributed by atoms with Gasteiger partial charge >= 0.3 is 5.97 Å². The molecule has 6 rings (SSSR count). The van der Waals surface area contributed by atoms with Gasteiger partial charge in [0.05, 0.1) is 14.2 Å². The van der Waals surface area contributed by atoms with Gasteiger partial charge in [-0.15, -0.1) is 0 Å². The number of benzene rings is 2. The summed E-state index contributed by atoms with van der Waals surface area (Å²) in [5, 5.41) is 9.99. The van der Waals surface area contributed by atoms with Gasteiger partial charge in [0.1, 0.15) is 22.8 Å². The first kappa shape index (κ1) is 34.1. The van der Waals surface area contributed by atoms with Crippen molar-refractivity contribution >= 4 is 23.3 Å². The van der Waals surface area contributed by atoms with Crippen molar-refractivity contribution in [1.82, 2.24) is 0 Å². The third-order valence-electron chi connectivity index (χ3n) is 11.6. The molecule has 6 unspecified atom stereocenters. The van der Waals surface area contributed by atoms with Gasteiger partial charge in [0.25, 0.3) is 0 Å². The predicted molar refractivity (Wildman–Crippen MR) is 177 cm³/mol. The highest BCUT2D eigenvalue weighted by Gasteiger charge is 2.67. The molecule has 8 heteroatoms. The molecule has 0 aliphatic heterocycles. The summed E-state index contributed by atoms with van der Waals surface area (Å²) in [7, 11) is 2.92. The second-order valence-electron chi connectivity index (χ2n) is 14.0. The molecule has 0 aromatic heterocycles. The molecule has 4 aliphatic carbocycles. The fourth-order valence-electron chi connectivity index (χ4n) is 9.29. The van der Waals surface area contributed by atoms with E-state index >= 15 is 0 Å². The Morgan fingerprint density at radius 3 is 2.21 bits per heavy atom. The van der Waals surface area contributed by atoms with E-state index in [2.05, 4.69) is 26.8 Å². The van der Waals surface area contributed by atoms with Crippen molar-refractivity contribution < 1.29 is 38.5 Å². The predicted octanol–water partition coefficient (Wildman–Crippen LogP) is 7.22. The SMILES string of the molecule is CC(=O)OC1(C(C)=O)CCC2C3C=C(C)C4=CC(=O)CCC4(C)C3CCC21C.COc1cc(O)c(C(=O)c2ccccc2)c(OC)c1. The Morgan fingerprint density at radius 2 is 1.60 bits per heavy atom. The molecule has 8 nitrogen and oxygen atoms in total. The molecular weight excluding hydrogens is 596 g/mol. The summed E-state index contributed by atoms with van der Waals surface area (Å²) in [4.78, 5) is 49.1. The molecule has 1 N–H and O–H groups in total. The van der Waals surface area contributed by atoms with Crippen LogP contribution in [0.4, 0.5) is 0 Å². The first-order valence-electron chi connectivity index (χ1n) is 16.4. The lowest BCUT2D eigenvalue weighted by atomic mass is 9.47.